The summed E-state index contributed by atoms with van der Waals surface area (Å²) in [4.78, 5) is 0. The largest absolute Gasteiger partial charge is 0.378 e. The Morgan fingerprint density at radius 2 is 1.79 bits per heavy atom. The average Bonchev–Trinajstić information content (AvgIpc) is 2.20. The lowest BCUT2D eigenvalue weighted by atomic mass is 9.70. The fraction of sp³-hybridized carbons (Fsp3) is 0.600. The molecular formula is C15H20BrF2N. The minimum Gasteiger partial charge on any atom is -0.378 e. The molecule has 2 rings (SSSR count). The van der Waals surface area contributed by atoms with Crippen LogP contribution >= 0.6 is 15.9 Å². The molecular weight excluding hydrogens is 312 g/mol. The van der Waals surface area contributed by atoms with Crippen molar-refractivity contribution < 1.29 is 8.78 Å². The summed E-state index contributed by atoms with van der Waals surface area (Å²) in [5.74, 6) is -0.506. The molecule has 0 spiro atoms. The Bertz CT molecular complexity index is 450. The first kappa shape index (κ1) is 14.8. The van der Waals surface area contributed by atoms with E-state index in [1.54, 1.807) is 0 Å². The number of hydrogen-bond donors (Lipinski definition) is 1. The summed E-state index contributed by atoms with van der Waals surface area (Å²) < 4.78 is 28.1. The van der Waals surface area contributed by atoms with Crippen LogP contribution in [0.3, 0.4) is 0 Å². The molecule has 1 aromatic carbocycles. The zero-order chi connectivity index (χ0) is 14.2. The SMILES string of the molecule is CC1CC(Nc2c(F)cc(Br)cc2F)CC(C)(C)C1. The van der Waals surface area contributed by atoms with Gasteiger partial charge in [0.2, 0.25) is 0 Å². The van der Waals surface area contributed by atoms with Gasteiger partial charge in [-0.15, -0.1) is 0 Å². The second kappa shape index (κ2) is 5.39. The smallest absolute Gasteiger partial charge is 0.150 e. The maximum absolute atomic E-state index is 13.8. The minimum atomic E-state index is -0.539. The highest BCUT2D eigenvalue weighted by Gasteiger charge is 2.32. The summed E-state index contributed by atoms with van der Waals surface area (Å²) in [6.07, 6.45) is 3.06. The standard InChI is InChI=1S/C15H20BrF2N/c1-9-4-11(8-15(2,3)7-9)19-14-12(17)5-10(16)6-13(14)18/h5-6,9,11,19H,4,7-8H2,1-3H3. The third-order valence-electron chi connectivity index (χ3n) is 3.74. The Kier molecular flexibility index (Phi) is 4.19. The van der Waals surface area contributed by atoms with E-state index >= 15 is 0 Å². The summed E-state index contributed by atoms with van der Waals surface area (Å²) in [6, 6.07) is 2.72. The topological polar surface area (TPSA) is 12.0 Å². The Labute approximate surface area is 121 Å². The van der Waals surface area contributed by atoms with Gasteiger partial charge >= 0.3 is 0 Å². The van der Waals surface area contributed by atoms with Gasteiger partial charge in [-0.3, -0.25) is 0 Å². The number of rotatable bonds is 2. The predicted octanol–water partition coefficient (Wildman–Crippen LogP) is 5.35. The van der Waals surface area contributed by atoms with Crippen molar-refractivity contribution in [2.75, 3.05) is 5.32 Å². The van der Waals surface area contributed by atoms with Crippen molar-refractivity contribution >= 4 is 21.6 Å². The maximum Gasteiger partial charge on any atom is 0.150 e. The van der Waals surface area contributed by atoms with Crippen molar-refractivity contribution in [1.82, 2.24) is 0 Å². The second-order valence-corrected chi connectivity index (χ2v) is 7.41. The third-order valence-corrected chi connectivity index (χ3v) is 4.20. The highest BCUT2D eigenvalue weighted by atomic mass is 79.9. The van der Waals surface area contributed by atoms with Gasteiger partial charge < -0.3 is 5.32 Å². The molecule has 0 heterocycles. The van der Waals surface area contributed by atoms with Gasteiger partial charge in [-0.05, 0) is 42.7 Å². The minimum absolute atomic E-state index is 0.00176. The zero-order valence-electron chi connectivity index (χ0n) is 11.6. The molecule has 1 N–H and O–H groups in total. The molecule has 2 unspecified atom stereocenters. The van der Waals surface area contributed by atoms with Crippen molar-refractivity contribution in [3.8, 4) is 0 Å². The normalized spacial score (nSPS) is 26.2. The van der Waals surface area contributed by atoms with E-state index in [4.69, 9.17) is 0 Å². The lowest BCUT2D eigenvalue weighted by Gasteiger charge is -2.39. The first-order chi connectivity index (χ1) is 8.77. The Morgan fingerprint density at radius 3 is 2.32 bits per heavy atom. The van der Waals surface area contributed by atoms with E-state index in [2.05, 4.69) is 42.0 Å². The van der Waals surface area contributed by atoms with Gasteiger partial charge in [-0.2, -0.15) is 0 Å². The Balaban J connectivity index is 2.17. The van der Waals surface area contributed by atoms with Crippen LogP contribution in [0, 0.1) is 23.0 Å². The van der Waals surface area contributed by atoms with Gasteiger partial charge in [-0.25, -0.2) is 8.78 Å². The van der Waals surface area contributed by atoms with Gasteiger partial charge in [0, 0.05) is 10.5 Å². The van der Waals surface area contributed by atoms with Crippen molar-refractivity contribution in [3.63, 3.8) is 0 Å². The van der Waals surface area contributed by atoms with Crippen LogP contribution in [0.15, 0.2) is 16.6 Å². The fourth-order valence-corrected chi connectivity index (χ4v) is 3.74. The molecule has 1 aromatic rings. The quantitative estimate of drug-likeness (QED) is 0.769. The summed E-state index contributed by atoms with van der Waals surface area (Å²) in [6.45, 7) is 6.63. The van der Waals surface area contributed by atoms with Crippen LogP contribution in [0.4, 0.5) is 14.5 Å². The predicted molar refractivity (Wildman–Crippen MR) is 78.3 cm³/mol. The van der Waals surface area contributed by atoms with Gasteiger partial charge in [-0.1, -0.05) is 36.7 Å². The molecule has 4 heteroatoms. The lowest BCUT2D eigenvalue weighted by Crippen LogP contribution is -2.36. The highest BCUT2D eigenvalue weighted by Crippen LogP contribution is 2.40. The Hall–Kier alpha value is -0.640. The van der Waals surface area contributed by atoms with E-state index in [9.17, 15) is 8.78 Å². The van der Waals surface area contributed by atoms with Crippen LogP contribution in [0.25, 0.3) is 0 Å². The molecule has 1 saturated carbocycles. The van der Waals surface area contributed by atoms with Crippen LogP contribution in [0.2, 0.25) is 0 Å². The van der Waals surface area contributed by atoms with Crippen molar-refractivity contribution in [2.45, 2.75) is 46.1 Å². The molecule has 106 valence electrons. The van der Waals surface area contributed by atoms with E-state index in [0.717, 1.165) is 19.3 Å². The molecule has 0 aromatic heterocycles. The molecule has 0 radical (unpaired) electrons. The monoisotopic (exact) mass is 331 g/mol. The first-order valence-electron chi connectivity index (χ1n) is 6.68. The number of nitrogens with one attached hydrogen (secondary N) is 1. The Morgan fingerprint density at radius 1 is 1.21 bits per heavy atom. The maximum atomic E-state index is 13.8. The van der Waals surface area contributed by atoms with Crippen LogP contribution < -0.4 is 5.32 Å². The zero-order valence-corrected chi connectivity index (χ0v) is 13.2. The number of benzene rings is 1. The molecule has 1 aliphatic carbocycles. The summed E-state index contributed by atoms with van der Waals surface area (Å²) in [5.41, 5.74) is 0.218. The van der Waals surface area contributed by atoms with Gasteiger partial charge in [0.1, 0.15) is 17.3 Å². The molecule has 1 fully saturated rings. The molecule has 0 amide bonds. The fourth-order valence-electron chi connectivity index (χ4n) is 3.34. The molecule has 19 heavy (non-hydrogen) atoms. The van der Waals surface area contributed by atoms with Crippen LogP contribution in [-0.2, 0) is 0 Å². The summed E-state index contributed by atoms with van der Waals surface area (Å²) >= 11 is 3.09. The second-order valence-electron chi connectivity index (χ2n) is 6.50. The molecule has 2 atom stereocenters. The number of hydrogen-bond acceptors (Lipinski definition) is 1. The van der Waals surface area contributed by atoms with E-state index in [1.165, 1.54) is 12.1 Å². The van der Waals surface area contributed by atoms with Crippen LogP contribution in [-0.4, -0.2) is 6.04 Å². The summed E-state index contributed by atoms with van der Waals surface area (Å²) in [7, 11) is 0. The van der Waals surface area contributed by atoms with Crippen molar-refractivity contribution in [2.24, 2.45) is 11.3 Å². The lowest BCUT2D eigenvalue weighted by molar-refractivity contribution is 0.177. The van der Waals surface area contributed by atoms with Gasteiger partial charge in [0.15, 0.2) is 0 Å². The van der Waals surface area contributed by atoms with Crippen molar-refractivity contribution in [3.05, 3.63) is 28.2 Å². The van der Waals surface area contributed by atoms with E-state index < -0.39 is 11.6 Å². The molecule has 0 bridgehead atoms. The molecule has 1 aliphatic rings. The number of anilines is 1. The van der Waals surface area contributed by atoms with Crippen LogP contribution in [0.1, 0.15) is 40.0 Å². The molecule has 1 nitrogen and oxygen atoms in total. The highest BCUT2D eigenvalue weighted by molar-refractivity contribution is 9.10. The third kappa shape index (κ3) is 3.68. The van der Waals surface area contributed by atoms with E-state index in [-0.39, 0.29) is 17.1 Å². The average molecular weight is 332 g/mol. The van der Waals surface area contributed by atoms with Gasteiger partial charge in [0.05, 0.1) is 0 Å². The van der Waals surface area contributed by atoms with E-state index in [1.807, 2.05) is 0 Å². The molecule has 0 aliphatic heterocycles. The first-order valence-corrected chi connectivity index (χ1v) is 7.47. The van der Waals surface area contributed by atoms with Crippen LogP contribution in [0.5, 0.6) is 0 Å². The summed E-state index contributed by atoms with van der Waals surface area (Å²) in [5, 5.41) is 3.06. The van der Waals surface area contributed by atoms with E-state index in [0.29, 0.717) is 10.4 Å². The van der Waals surface area contributed by atoms with Gasteiger partial charge in [0.25, 0.3) is 0 Å². The number of halogens is 3. The molecule has 0 saturated heterocycles. The van der Waals surface area contributed by atoms with Crippen molar-refractivity contribution in [1.29, 1.82) is 0 Å².